The molecule has 2 heteroatoms. The van der Waals surface area contributed by atoms with E-state index in [1.54, 1.807) is 19.6 Å². The van der Waals surface area contributed by atoms with Gasteiger partial charge in [0.05, 0.1) is 0 Å². The standard InChI is InChI=1S/C8H6F2/c1-7(2)5-3-4-6-8(9)10/h1-2H3. The van der Waals surface area contributed by atoms with E-state index in [2.05, 4.69) is 11.5 Å². The second-order valence-electron chi connectivity index (χ2n) is 1.76. The molecule has 0 unspecified atom stereocenters. The van der Waals surface area contributed by atoms with Gasteiger partial charge in [0.15, 0.2) is 0 Å². The van der Waals surface area contributed by atoms with Crippen LogP contribution >= 0.6 is 0 Å². The van der Waals surface area contributed by atoms with Crippen LogP contribution in [0.3, 0.4) is 0 Å². The van der Waals surface area contributed by atoms with E-state index in [0.717, 1.165) is 5.57 Å². The monoisotopic (exact) mass is 140 g/mol. The molecular formula is C8H6F2. The fourth-order valence-corrected chi connectivity index (χ4v) is 0.235. The Labute approximate surface area is 58.2 Å². The van der Waals surface area contributed by atoms with Gasteiger partial charge in [-0.2, -0.15) is 8.78 Å². The molecule has 10 heavy (non-hydrogen) atoms. The Morgan fingerprint density at radius 3 is 1.90 bits per heavy atom. The lowest BCUT2D eigenvalue weighted by molar-refractivity contribution is 0.424. The van der Waals surface area contributed by atoms with Gasteiger partial charge in [-0.25, -0.2) is 0 Å². The quantitative estimate of drug-likeness (QED) is 0.454. The highest BCUT2D eigenvalue weighted by atomic mass is 19.3. The molecular weight excluding hydrogens is 134 g/mol. The lowest BCUT2D eigenvalue weighted by Gasteiger charge is -1.67. The Morgan fingerprint density at radius 2 is 1.50 bits per heavy atom. The van der Waals surface area contributed by atoms with Crippen LogP contribution in [-0.2, 0) is 0 Å². The van der Waals surface area contributed by atoms with Crippen molar-refractivity contribution in [2.24, 2.45) is 0 Å². The summed E-state index contributed by atoms with van der Waals surface area (Å²) in [6, 6.07) is 0. The highest BCUT2D eigenvalue weighted by molar-refractivity contribution is 4.94. The Kier molecular flexibility index (Phi) is 4.00. The molecule has 0 aromatic heterocycles. The lowest BCUT2D eigenvalue weighted by atomic mass is 10.4. The van der Waals surface area contributed by atoms with E-state index in [1.165, 1.54) is 0 Å². The van der Waals surface area contributed by atoms with Gasteiger partial charge in [0, 0.05) is 5.73 Å². The number of hydrogen-bond donors (Lipinski definition) is 0. The van der Waals surface area contributed by atoms with Crippen LogP contribution in [0.5, 0.6) is 0 Å². The van der Waals surface area contributed by atoms with Crippen LogP contribution in [0.15, 0.2) is 34.6 Å². The maximum atomic E-state index is 11.2. The van der Waals surface area contributed by atoms with E-state index in [1.807, 2.05) is 5.73 Å². The number of halogens is 2. The van der Waals surface area contributed by atoms with Crippen molar-refractivity contribution in [2.45, 2.75) is 13.8 Å². The van der Waals surface area contributed by atoms with Crippen LogP contribution in [0, 0.1) is 0 Å². The van der Waals surface area contributed by atoms with Gasteiger partial charge in [0.25, 0.3) is 0 Å². The Balaban J connectivity index is 4.91. The van der Waals surface area contributed by atoms with Crippen LogP contribution < -0.4 is 0 Å². The Hall–Kier alpha value is -1.28. The summed E-state index contributed by atoms with van der Waals surface area (Å²) in [5.41, 5.74) is 9.21. The predicted octanol–water partition coefficient (Wildman–Crippen LogP) is 2.80. The Bertz CT molecular complexity index is 236. The summed E-state index contributed by atoms with van der Waals surface area (Å²) in [7, 11) is 0. The first-order valence-electron chi connectivity index (χ1n) is 2.63. The molecule has 52 valence electrons. The molecule has 0 heterocycles. The second-order valence-corrected chi connectivity index (χ2v) is 1.76. The van der Waals surface area contributed by atoms with Gasteiger partial charge in [-0.1, -0.05) is 5.73 Å². The number of allylic oxidation sites excluding steroid dienone is 1. The average Bonchev–Trinajstić information content (AvgIpc) is 1.79. The van der Waals surface area contributed by atoms with Crippen molar-refractivity contribution in [2.75, 3.05) is 0 Å². The summed E-state index contributed by atoms with van der Waals surface area (Å²) in [5.74, 6) is 0. The molecule has 0 aliphatic heterocycles. The van der Waals surface area contributed by atoms with Crippen molar-refractivity contribution < 1.29 is 8.78 Å². The fourth-order valence-electron chi connectivity index (χ4n) is 0.235. The summed E-state index contributed by atoms with van der Waals surface area (Å²) in [6.45, 7) is 3.56. The van der Waals surface area contributed by atoms with E-state index in [4.69, 9.17) is 0 Å². The zero-order chi connectivity index (χ0) is 7.98. The molecule has 0 aromatic carbocycles. The van der Waals surface area contributed by atoms with Gasteiger partial charge in [-0.3, -0.25) is 0 Å². The predicted molar refractivity (Wildman–Crippen MR) is 34.6 cm³/mol. The summed E-state index contributed by atoms with van der Waals surface area (Å²) in [6.07, 6.45) is -1.90. The summed E-state index contributed by atoms with van der Waals surface area (Å²) in [5, 5.41) is 0. The fraction of sp³-hybridized carbons (Fsp3) is 0.250. The smallest absolute Gasteiger partial charge is 0.163 e. The van der Waals surface area contributed by atoms with Gasteiger partial charge in [-0.15, -0.1) is 0 Å². The number of rotatable bonds is 0. The molecule has 0 radical (unpaired) electrons. The average molecular weight is 140 g/mol. The van der Waals surface area contributed by atoms with Gasteiger partial charge >= 0.3 is 6.08 Å². The van der Waals surface area contributed by atoms with Crippen LogP contribution in [0.25, 0.3) is 0 Å². The van der Waals surface area contributed by atoms with Crippen molar-refractivity contribution in [3.63, 3.8) is 0 Å². The van der Waals surface area contributed by atoms with Crippen molar-refractivity contribution in [1.29, 1.82) is 0 Å². The molecule has 0 N–H and O–H groups in total. The van der Waals surface area contributed by atoms with Gasteiger partial charge in [-0.05, 0) is 30.9 Å². The first-order valence-corrected chi connectivity index (χ1v) is 2.63. The molecule has 0 bridgehead atoms. The minimum atomic E-state index is -1.90. The molecule has 0 aliphatic carbocycles. The van der Waals surface area contributed by atoms with Crippen LogP contribution in [-0.4, -0.2) is 0 Å². The van der Waals surface area contributed by atoms with E-state index >= 15 is 0 Å². The third kappa shape index (κ3) is 6.72. The maximum Gasteiger partial charge on any atom is 0.321 e. The minimum Gasteiger partial charge on any atom is -0.163 e. The number of hydrogen-bond acceptors (Lipinski definition) is 0. The molecule has 0 fully saturated rings. The zero-order valence-corrected chi connectivity index (χ0v) is 5.76. The topological polar surface area (TPSA) is 0 Å². The normalized spacial score (nSPS) is 6.40. The highest BCUT2D eigenvalue weighted by Crippen LogP contribution is 1.89. The molecule has 0 saturated heterocycles. The van der Waals surface area contributed by atoms with Crippen LogP contribution in [0.4, 0.5) is 8.78 Å². The second kappa shape index (κ2) is 4.58. The summed E-state index contributed by atoms with van der Waals surface area (Å²) < 4.78 is 22.5. The summed E-state index contributed by atoms with van der Waals surface area (Å²) in [4.78, 5) is 0. The SMILES string of the molecule is CC(C)=C=C=C=C=C(F)F. The van der Waals surface area contributed by atoms with Crippen molar-refractivity contribution >= 4 is 0 Å². The van der Waals surface area contributed by atoms with E-state index in [-0.39, 0.29) is 0 Å². The molecule has 0 nitrogen and oxygen atoms in total. The zero-order valence-electron chi connectivity index (χ0n) is 5.76. The first kappa shape index (κ1) is 8.72. The molecule has 0 saturated carbocycles. The van der Waals surface area contributed by atoms with Crippen molar-refractivity contribution in [3.8, 4) is 0 Å². The van der Waals surface area contributed by atoms with Crippen molar-refractivity contribution in [1.82, 2.24) is 0 Å². The summed E-state index contributed by atoms with van der Waals surface area (Å²) >= 11 is 0. The van der Waals surface area contributed by atoms with Crippen molar-refractivity contribution in [3.05, 3.63) is 34.6 Å². The molecule has 0 amide bonds. The third-order valence-corrected chi connectivity index (χ3v) is 0.532. The van der Waals surface area contributed by atoms with E-state index in [0.29, 0.717) is 0 Å². The minimum absolute atomic E-state index is 0.855. The largest absolute Gasteiger partial charge is 0.321 e. The molecule has 0 rings (SSSR count). The molecule has 0 aromatic rings. The Morgan fingerprint density at radius 1 is 1.00 bits per heavy atom. The van der Waals surface area contributed by atoms with E-state index in [9.17, 15) is 8.78 Å². The molecule has 0 spiro atoms. The van der Waals surface area contributed by atoms with Crippen LogP contribution in [0.2, 0.25) is 0 Å². The lowest BCUT2D eigenvalue weighted by Crippen LogP contribution is -1.49. The van der Waals surface area contributed by atoms with Crippen LogP contribution in [0.1, 0.15) is 13.8 Å². The van der Waals surface area contributed by atoms with E-state index < -0.39 is 6.08 Å². The van der Waals surface area contributed by atoms with Gasteiger partial charge < -0.3 is 0 Å². The molecule has 0 aliphatic rings. The van der Waals surface area contributed by atoms with Gasteiger partial charge in [0.1, 0.15) is 0 Å². The third-order valence-electron chi connectivity index (χ3n) is 0.532. The maximum absolute atomic E-state index is 11.2. The molecule has 0 atom stereocenters. The first-order chi connectivity index (χ1) is 4.63. The van der Waals surface area contributed by atoms with Gasteiger partial charge in [0.2, 0.25) is 0 Å². The highest BCUT2D eigenvalue weighted by Gasteiger charge is 1.74.